The Bertz CT molecular complexity index is 1380. The molecule has 3 aromatic rings. The van der Waals surface area contributed by atoms with Gasteiger partial charge in [-0.25, -0.2) is 0 Å². The summed E-state index contributed by atoms with van der Waals surface area (Å²) in [5.41, 5.74) is 16.0. The van der Waals surface area contributed by atoms with Crippen LogP contribution in [0, 0.1) is 34.6 Å². The Morgan fingerprint density at radius 1 is 0.511 bits per heavy atom. The van der Waals surface area contributed by atoms with Crippen molar-refractivity contribution < 1.29 is 0 Å². The third kappa shape index (κ3) is 13.4. The molecule has 3 saturated heterocycles. The van der Waals surface area contributed by atoms with E-state index < -0.39 is 0 Å². The maximum atomic E-state index is 6.00. The van der Waals surface area contributed by atoms with E-state index in [0.29, 0.717) is 0 Å². The van der Waals surface area contributed by atoms with Crippen LogP contribution in [-0.4, -0.2) is 114 Å². The lowest BCUT2D eigenvalue weighted by molar-refractivity contribution is 0.291. The molecule has 6 rings (SSSR count). The van der Waals surface area contributed by atoms with Crippen LogP contribution >= 0.6 is 31.9 Å². The molecule has 0 spiro atoms. The van der Waals surface area contributed by atoms with Crippen LogP contribution in [0.5, 0.6) is 0 Å². The van der Waals surface area contributed by atoms with Gasteiger partial charge in [-0.1, -0.05) is 50.1 Å². The van der Waals surface area contributed by atoms with Crippen LogP contribution in [0.1, 0.15) is 27.8 Å². The topological polar surface area (TPSA) is 54.2 Å². The Morgan fingerprint density at radius 2 is 0.979 bits per heavy atom. The number of rotatable bonds is 2. The van der Waals surface area contributed by atoms with Crippen LogP contribution in [0.25, 0.3) is 0 Å². The average Bonchev–Trinajstić information content (AvgIpc) is 3.04. The molecular formula is C38H59Br2N7. The molecule has 3 N–H and O–H groups in total. The van der Waals surface area contributed by atoms with Crippen molar-refractivity contribution >= 4 is 48.9 Å². The first-order valence-corrected chi connectivity index (χ1v) is 18.5. The first-order valence-electron chi connectivity index (χ1n) is 17.0. The molecule has 3 aliphatic rings. The molecule has 47 heavy (non-hydrogen) atoms. The summed E-state index contributed by atoms with van der Waals surface area (Å²) in [5.74, 6) is 0. The zero-order valence-corrected chi connectivity index (χ0v) is 33.3. The highest BCUT2D eigenvalue weighted by molar-refractivity contribution is 9.10. The number of nitrogen functional groups attached to an aromatic ring is 1. The van der Waals surface area contributed by atoms with Crippen LogP contribution in [0.4, 0.5) is 17.1 Å². The Morgan fingerprint density at radius 3 is 1.47 bits per heavy atom. The fraction of sp³-hybridized carbons (Fsp3) is 0.526. The van der Waals surface area contributed by atoms with Gasteiger partial charge in [0.05, 0.1) is 11.4 Å². The van der Waals surface area contributed by atoms with Crippen molar-refractivity contribution in [3.63, 3.8) is 0 Å². The zero-order valence-electron chi connectivity index (χ0n) is 30.2. The molecule has 0 saturated carbocycles. The summed E-state index contributed by atoms with van der Waals surface area (Å²) in [5, 5.41) is 3.27. The number of benzene rings is 3. The van der Waals surface area contributed by atoms with Crippen molar-refractivity contribution in [1.29, 1.82) is 0 Å². The van der Waals surface area contributed by atoms with Gasteiger partial charge in [0, 0.05) is 93.2 Å². The van der Waals surface area contributed by atoms with E-state index in [1.807, 2.05) is 6.07 Å². The maximum absolute atomic E-state index is 6.00. The fourth-order valence-corrected chi connectivity index (χ4v) is 6.55. The number of nitrogens with one attached hydrogen (secondary N) is 1. The summed E-state index contributed by atoms with van der Waals surface area (Å²) < 4.78 is 2.41. The smallest absolute Gasteiger partial charge is 0.0603 e. The van der Waals surface area contributed by atoms with Gasteiger partial charge in [0.2, 0.25) is 0 Å². The minimum atomic E-state index is 0.894. The second-order valence-corrected chi connectivity index (χ2v) is 15.0. The third-order valence-electron chi connectivity index (χ3n) is 9.02. The summed E-state index contributed by atoms with van der Waals surface area (Å²) in [7, 11) is 6.51. The second-order valence-electron chi connectivity index (χ2n) is 13.3. The van der Waals surface area contributed by atoms with Gasteiger partial charge in [0.15, 0.2) is 0 Å². The van der Waals surface area contributed by atoms with E-state index in [4.69, 9.17) is 5.73 Å². The van der Waals surface area contributed by atoms with Crippen LogP contribution in [0.3, 0.4) is 0 Å². The van der Waals surface area contributed by atoms with E-state index in [9.17, 15) is 0 Å². The standard InChI is InChI=1S/C13H19BrN2.C12H19N3.C8H9Br.C5H12N2/c1-10-9-13(11(2)8-12(10)14)16-6-4-15(3)5-7-16;1-10-3-4-11(13)12(9-10)15-7-5-14(2)6-8-15;1-6-3-4-7(2)8(9)5-6;1-7-4-2-6-3-5-7/h8-9H,4-7H2,1-3H3;3-4,9H,5-8,13H2,1-2H3;3-5H,1-2H3;6H,2-5H2,1H3. The number of aryl methyl sites for hydroxylation is 5. The second kappa shape index (κ2) is 19.8. The Balaban J connectivity index is 0.000000179. The number of halogens is 2. The number of hydrogen-bond donors (Lipinski definition) is 2. The van der Waals surface area contributed by atoms with Gasteiger partial charge in [0.1, 0.15) is 0 Å². The van der Waals surface area contributed by atoms with E-state index in [0.717, 1.165) is 71.1 Å². The lowest BCUT2D eigenvalue weighted by Gasteiger charge is -2.35. The Kier molecular flexibility index (Phi) is 16.5. The first-order chi connectivity index (χ1) is 22.3. The molecule has 0 aliphatic carbocycles. The van der Waals surface area contributed by atoms with Crippen LogP contribution < -0.4 is 20.9 Å². The molecule has 0 bridgehead atoms. The molecule has 9 heteroatoms. The van der Waals surface area contributed by atoms with Gasteiger partial charge in [-0.15, -0.1) is 0 Å². The van der Waals surface area contributed by atoms with Gasteiger partial charge in [-0.3, -0.25) is 0 Å². The molecule has 0 atom stereocenters. The number of anilines is 3. The Labute approximate surface area is 302 Å². The highest BCUT2D eigenvalue weighted by Crippen LogP contribution is 2.28. The van der Waals surface area contributed by atoms with Crippen molar-refractivity contribution in [2.75, 3.05) is 115 Å². The van der Waals surface area contributed by atoms with Crippen LogP contribution in [0.15, 0.2) is 57.5 Å². The molecule has 3 fully saturated rings. The van der Waals surface area contributed by atoms with Crippen molar-refractivity contribution in [3.8, 4) is 0 Å². The van der Waals surface area contributed by atoms with Gasteiger partial charge >= 0.3 is 0 Å². The number of nitrogens with zero attached hydrogens (tertiary/aromatic N) is 5. The molecular weight excluding hydrogens is 714 g/mol. The average molecular weight is 774 g/mol. The number of likely N-dealkylation sites (N-methyl/N-ethyl adjacent to an activating group) is 3. The van der Waals surface area contributed by atoms with Crippen molar-refractivity contribution in [1.82, 2.24) is 20.0 Å². The maximum Gasteiger partial charge on any atom is 0.0603 e. The van der Waals surface area contributed by atoms with E-state index in [1.54, 1.807) is 0 Å². The summed E-state index contributed by atoms with van der Waals surface area (Å²) >= 11 is 7.03. The summed E-state index contributed by atoms with van der Waals surface area (Å²) in [4.78, 5) is 11.9. The lowest BCUT2D eigenvalue weighted by Crippen LogP contribution is -2.44. The highest BCUT2D eigenvalue weighted by atomic mass is 79.9. The number of nitrogens with two attached hydrogens (primary N) is 1. The monoisotopic (exact) mass is 771 g/mol. The van der Waals surface area contributed by atoms with Gasteiger partial charge < -0.3 is 35.6 Å². The molecule has 0 unspecified atom stereocenters. The number of hydrogen-bond acceptors (Lipinski definition) is 7. The predicted octanol–water partition coefficient (Wildman–Crippen LogP) is 6.73. The van der Waals surface area contributed by atoms with Crippen LogP contribution in [0.2, 0.25) is 0 Å². The molecule has 260 valence electrons. The molecule has 0 amide bonds. The SMILES string of the molecule is CN1CCNCC1.Cc1cc(N2CCN(C)CC2)c(C)cc1Br.Cc1ccc(C)c(Br)c1.Cc1ccc(N)c(N2CCN(C)CC2)c1. The minimum Gasteiger partial charge on any atom is -0.397 e. The minimum absolute atomic E-state index is 0.894. The fourth-order valence-electron chi connectivity index (χ4n) is 5.60. The molecule has 0 aromatic heterocycles. The van der Waals surface area contributed by atoms with Crippen molar-refractivity contribution in [3.05, 3.63) is 85.3 Å². The van der Waals surface area contributed by atoms with Crippen LogP contribution in [-0.2, 0) is 0 Å². The van der Waals surface area contributed by atoms with E-state index >= 15 is 0 Å². The summed E-state index contributed by atoms with van der Waals surface area (Å²) in [6.45, 7) is 24.4. The van der Waals surface area contributed by atoms with Gasteiger partial charge in [-0.2, -0.15) is 0 Å². The molecule has 3 aromatic carbocycles. The molecule has 3 heterocycles. The Hall–Kier alpha value is -2.14. The third-order valence-corrected chi connectivity index (χ3v) is 10.7. The van der Waals surface area contributed by atoms with Crippen molar-refractivity contribution in [2.24, 2.45) is 0 Å². The quantitative estimate of drug-likeness (QED) is 0.281. The van der Waals surface area contributed by atoms with E-state index in [1.165, 1.54) is 61.2 Å². The lowest BCUT2D eigenvalue weighted by atomic mass is 10.1. The van der Waals surface area contributed by atoms with Gasteiger partial charge in [-0.05, 0) is 114 Å². The first kappa shape index (κ1) is 39.3. The van der Waals surface area contributed by atoms with Crippen molar-refractivity contribution in [2.45, 2.75) is 34.6 Å². The van der Waals surface area contributed by atoms with E-state index in [2.05, 4.69) is 160 Å². The number of piperazine rings is 3. The molecule has 0 radical (unpaired) electrons. The zero-order chi connectivity index (χ0) is 34.5. The summed E-state index contributed by atoms with van der Waals surface area (Å²) in [6, 6.07) is 17.1. The summed E-state index contributed by atoms with van der Waals surface area (Å²) in [6.07, 6.45) is 0. The predicted molar refractivity (Wildman–Crippen MR) is 213 cm³/mol. The molecule has 7 nitrogen and oxygen atoms in total. The molecule has 3 aliphatic heterocycles. The normalized spacial score (nSPS) is 17.5. The largest absolute Gasteiger partial charge is 0.397 e. The highest BCUT2D eigenvalue weighted by Gasteiger charge is 2.17. The van der Waals surface area contributed by atoms with Gasteiger partial charge in [0.25, 0.3) is 0 Å². The van der Waals surface area contributed by atoms with E-state index in [-0.39, 0.29) is 0 Å².